The molecule has 0 spiro atoms. The number of benzene rings is 1. The van der Waals surface area contributed by atoms with Crippen molar-refractivity contribution in [3.8, 4) is 5.75 Å². The van der Waals surface area contributed by atoms with E-state index in [0.717, 1.165) is 15.6 Å². The third-order valence-electron chi connectivity index (χ3n) is 1.68. The number of rotatable bonds is 4. The van der Waals surface area contributed by atoms with Crippen LogP contribution in [0.25, 0.3) is 0 Å². The highest BCUT2D eigenvalue weighted by atomic mass is 79.9. The van der Waals surface area contributed by atoms with Gasteiger partial charge in [0.25, 0.3) is 0 Å². The summed E-state index contributed by atoms with van der Waals surface area (Å²) in [6.45, 7) is 2.82. The first-order valence-corrected chi connectivity index (χ1v) is 6.56. The molecule has 0 saturated heterocycles. The van der Waals surface area contributed by atoms with Crippen molar-refractivity contribution in [3.05, 3.63) is 27.7 Å². The van der Waals surface area contributed by atoms with Crippen molar-refractivity contribution < 1.29 is 4.74 Å². The Labute approximate surface area is 106 Å². The summed E-state index contributed by atoms with van der Waals surface area (Å²) in [5, 5.41) is 1.65. The molecule has 0 fully saturated rings. The molecule has 0 saturated carbocycles. The molecule has 0 aromatic heterocycles. The summed E-state index contributed by atoms with van der Waals surface area (Å²) in [6, 6.07) is 5.52. The first-order chi connectivity index (χ1) is 6.63. The number of alkyl halides is 1. The Kier molecular flexibility index (Phi) is 5.28. The lowest BCUT2D eigenvalue weighted by Crippen LogP contribution is -2.09. The van der Waals surface area contributed by atoms with E-state index in [0.29, 0.717) is 17.5 Å². The van der Waals surface area contributed by atoms with Crippen LogP contribution in [0.4, 0.5) is 0 Å². The molecule has 1 unspecified atom stereocenters. The average Bonchev–Trinajstić information content (AvgIpc) is 2.16. The van der Waals surface area contributed by atoms with Crippen LogP contribution in [-0.4, -0.2) is 11.9 Å². The lowest BCUT2D eigenvalue weighted by molar-refractivity contribution is 0.272. The maximum absolute atomic E-state index is 5.81. The Morgan fingerprint density at radius 2 is 2.21 bits per heavy atom. The summed E-state index contributed by atoms with van der Waals surface area (Å²) in [5.41, 5.74) is 0. The van der Waals surface area contributed by atoms with Crippen molar-refractivity contribution in [3.63, 3.8) is 0 Å². The minimum atomic E-state index is 0.498. The van der Waals surface area contributed by atoms with Crippen molar-refractivity contribution >= 4 is 43.5 Å². The van der Waals surface area contributed by atoms with Crippen molar-refractivity contribution in [2.45, 2.75) is 6.92 Å². The van der Waals surface area contributed by atoms with Crippen LogP contribution in [0.2, 0.25) is 5.02 Å². The van der Waals surface area contributed by atoms with E-state index in [-0.39, 0.29) is 0 Å². The number of halogens is 3. The second-order valence-corrected chi connectivity index (χ2v) is 5.08. The molecule has 1 aromatic rings. The van der Waals surface area contributed by atoms with Crippen molar-refractivity contribution in [1.29, 1.82) is 0 Å². The summed E-state index contributed by atoms with van der Waals surface area (Å²) >= 11 is 12.6. The molecule has 0 bridgehead atoms. The van der Waals surface area contributed by atoms with Gasteiger partial charge in [0.2, 0.25) is 0 Å². The first-order valence-electron chi connectivity index (χ1n) is 4.27. The molecule has 0 aliphatic carbocycles. The van der Waals surface area contributed by atoms with Gasteiger partial charge in [0, 0.05) is 10.4 Å². The van der Waals surface area contributed by atoms with Gasteiger partial charge in [-0.15, -0.1) is 0 Å². The van der Waals surface area contributed by atoms with Gasteiger partial charge in [0.1, 0.15) is 5.75 Å². The van der Waals surface area contributed by atoms with Gasteiger partial charge < -0.3 is 4.74 Å². The van der Waals surface area contributed by atoms with Crippen LogP contribution >= 0.6 is 43.5 Å². The van der Waals surface area contributed by atoms with Gasteiger partial charge in [-0.05, 0) is 40.0 Å². The van der Waals surface area contributed by atoms with E-state index < -0.39 is 0 Å². The molecular weight excluding hydrogens is 331 g/mol. The lowest BCUT2D eigenvalue weighted by atomic mass is 10.2. The molecule has 1 aromatic carbocycles. The normalized spacial score (nSPS) is 12.6. The highest BCUT2D eigenvalue weighted by molar-refractivity contribution is 9.10. The molecule has 14 heavy (non-hydrogen) atoms. The SMILES string of the molecule is CC(CBr)COc1ccc(Cl)cc1Br. The minimum absolute atomic E-state index is 0.498. The topological polar surface area (TPSA) is 9.23 Å². The third kappa shape index (κ3) is 3.79. The fourth-order valence-electron chi connectivity index (χ4n) is 0.869. The smallest absolute Gasteiger partial charge is 0.133 e. The summed E-state index contributed by atoms with van der Waals surface area (Å²) in [4.78, 5) is 0. The Hall–Kier alpha value is 0.270. The largest absolute Gasteiger partial charge is 0.492 e. The quantitative estimate of drug-likeness (QED) is 0.732. The molecule has 1 atom stereocenters. The van der Waals surface area contributed by atoms with Gasteiger partial charge >= 0.3 is 0 Å². The molecule has 0 radical (unpaired) electrons. The molecule has 0 heterocycles. The van der Waals surface area contributed by atoms with E-state index in [2.05, 4.69) is 38.8 Å². The fraction of sp³-hybridized carbons (Fsp3) is 0.400. The highest BCUT2D eigenvalue weighted by Crippen LogP contribution is 2.28. The molecule has 0 amide bonds. The van der Waals surface area contributed by atoms with E-state index in [9.17, 15) is 0 Å². The third-order valence-corrected chi connectivity index (χ3v) is 3.64. The number of ether oxygens (including phenoxy) is 1. The average molecular weight is 342 g/mol. The molecule has 0 N–H and O–H groups in total. The summed E-state index contributed by atoms with van der Waals surface area (Å²) in [7, 11) is 0. The lowest BCUT2D eigenvalue weighted by Gasteiger charge is -2.11. The molecule has 78 valence electrons. The molecule has 0 aliphatic rings. The number of hydrogen-bond donors (Lipinski definition) is 0. The van der Waals surface area contributed by atoms with Gasteiger partial charge in [-0.3, -0.25) is 0 Å². The molecular formula is C10H11Br2ClO. The van der Waals surface area contributed by atoms with Gasteiger partial charge in [-0.25, -0.2) is 0 Å². The van der Waals surface area contributed by atoms with Gasteiger partial charge in [0.05, 0.1) is 11.1 Å². The zero-order valence-corrected chi connectivity index (χ0v) is 11.7. The van der Waals surface area contributed by atoms with E-state index >= 15 is 0 Å². The van der Waals surface area contributed by atoms with Crippen LogP contribution in [0.5, 0.6) is 5.75 Å². The van der Waals surface area contributed by atoms with E-state index in [1.807, 2.05) is 18.2 Å². The van der Waals surface area contributed by atoms with E-state index in [1.165, 1.54) is 0 Å². The molecule has 4 heteroatoms. The summed E-state index contributed by atoms with van der Waals surface area (Å²) < 4.78 is 6.50. The maximum atomic E-state index is 5.81. The van der Waals surface area contributed by atoms with Crippen LogP contribution in [0.15, 0.2) is 22.7 Å². The first kappa shape index (κ1) is 12.3. The van der Waals surface area contributed by atoms with Crippen LogP contribution < -0.4 is 4.74 Å². The maximum Gasteiger partial charge on any atom is 0.133 e. The highest BCUT2D eigenvalue weighted by Gasteiger charge is 2.04. The molecule has 0 aliphatic heterocycles. The van der Waals surface area contributed by atoms with Crippen LogP contribution in [0, 0.1) is 5.92 Å². The second-order valence-electron chi connectivity index (χ2n) is 3.15. The minimum Gasteiger partial charge on any atom is -0.492 e. The monoisotopic (exact) mass is 340 g/mol. The van der Waals surface area contributed by atoms with E-state index in [4.69, 9.17) is 16.3 Å². The van der Waals surface area contributed by atoms with Gasteiger partial charge in [-0.1, -0.05) is 34.5 Å². The Morgan fingerprint density at radius 1 is 1.50 bits per heavy atom. The van der Waals surface area contributed by atoms with Crippen LogP contribution in [0.1, 0.15) is 6.92 Å². The van der Waals surface area contributed by atoms with Gasteiger partial charge in [0.15, 0.2) is 0 Å². The second kappa shape index (κ2) is 5.99. The zero-order chi connectivity index (χ0) is 10.6. The van der Waals surface area contributed by atoms with E-state index in [1.54, 1.807) is 0 Å². The summed E-state index contributed by atoms with van der Waals surface area (Å²) in [6.07, 6.45) is 0. The number of hydrogen-bond acceptors (Lipinski definition) is 1. The predicted molar refractivity (Wildman–Crippen MR) is 67.6 cm³/mol. The van der Waals surface area contributed by atoms with Crippen LogP contribution in [-0.2, 0) is 0 Å². The zero-order valence-electron chi connectivity index (χ0n) is 7.77. The predicted octanol–water partition coefficient (Wildman–Crippen LogP) is 4.51. The Morgan fingerprint density at radius 3 is 2.79 bits per heavy atom. The van der Waals surface area contributed by atoms with Crippen molar-refractivity contribution in [2.24, 2.45) is 5.92 Å². The standard InChI is InChI=1S/C10H11Br2ClO/c1-7(5-11)6-14-10-3-2-8(13)4-9(10)12/h2-4,7H,5-6H2,1H3. The van der Waals surface area contributed by atoms with Crippen molar-refractivity contribution in [1.82, 2.24) is 0 Å². The van der Waals surface area contributed by atoms with Gasteiger partial charge in [-0.2, -0.15) is 0 Å². The van der Waals surface area contributed by atoms with Crippen molar-refractivity contribution in [2.75, 3.05) is 11.9 Å². The summed E-state index contributed by atoms with van der Waals surface area (Å²) in [5.74, 6) is 1.33. The van der Waals surface area contributed by atoms with Crippen LogP contribution in [0.3, 0.4) is 0 Å². The Bertz CT molecular complexity index is 304. The Balaban J connectivity index is 2.59. The molecule has 1 rings (SSSR count). The molecule has 1 nitrogen and oxygen atoms in total. The fourth-order valence-corrected chi connectivity index (χ4v) is 1.85.